The van der Waals surface area contributed by atoms with Gasteiger partial charge in [-0.05, 0) is 12.1 Å². The number of thiazole rings is 1. The maximum atomic E-state index is 12.3. The van der Waals surface area contributed by atoms with Crippen molar-refractivity contribution >= 4 is 39.9 Å². The minimum atomic E-state index is -0.171. The molecular formula is C19H19ClN6O2S. The van der Waals surface area contributed by atoms with E-state index < -0.39 is 0 Å². The number of carbonyl (C=O) groups excluding carboxylic acids is 1. The highest BCUT2D eigenvalue weighted by Gasteiger charge is 2.12. The van der Waals surface area contributed by atoms with E-state index in [9.17, 15) is 4.79 Å². The molecule has 1 aromatic carbocycles. The van der Waals surface area contributed by atoms with Crippen molar-refractivity contribution in [1.29, 1.82) is 0 Å². The summed E-state index contributed by atoms with van der Waals surface area (Å²) in [6, 6.07) is 5.50. The molecule has 0 aliphatic heterocycles. The van der Waals surface area contributed by atoms with Gasteiger partial charge in [0.05, 0.1) is 35.5 Å². The van der Waals surface area contributed by atoms with Crippen molar-refractivity contribution in [1.82, 2.24) is 30.4 Å². The monoisotopic (exact) mass is 430 g/mol. The third-order valence-electron chi connectivity index (χ3n) is 4.34. The smallest absolute Gasteiger partial charge is 0.317 e. The topological polar surface area (TPSA) is 98.9 Å². The molecule has 0 bridgehead atoms. The molecule has 0 unspecified atom stereocenters. The van der Waals surface area contributed by atoms with E-state index in [0.717, 1.165) is 27.9 Å². The van der Waals surface area contributed by atoms with E-state index in [1.54, 1.807) is 29.9 Å². The molecule has 3 heterocycles. The van der Waals surface area contributed by atoms with Crippen molar-refractivity contribution in [3.05, 3.63) is 63.5 Å². The lowest BCUT2D eigenvalue weighted by atomic mass is 10.2. The van der Waals surface area contributed by atoms with Crippen LogP contribution in [-0.2, 0) is 19.7 Å². The van der Waals surface area contributed by atoms with Crippen LogP contribution in [0.5, 0.6) is 5.75 Å². The second-order valence-corrected chi connectivity index (χ2v) is 7.68. The van der Waals surface area contributed by atoms with Crippen LogP contribution < -0.4 is 10.1 Å². The number of nitrogens with zero attached hydrogens (tertiary/aromatic N) is 3. The first-order chi connectivity index (χ1) is 14.1. The van der Waals surface area contributed by atoms with Crippen LogP contribution in [0.4, 0.5) is 4.79 Å². The van der Waals surface area contributed by atoms with E-state index in [1.807, 2.05) is 23.6 Å². The Morgan fingerprint density at radius 3 is 3.03 bits per heavy atom. The fourth-order valence-corrected chi connectivity index (χ4v) is 3.64. The quantitative estimate of drug-likeness (QED) is 0.413. The number of halogens is 1. The molecule has 0 radical (unpaired) electrons. The maximum absolute atomic E-state index is 12.3. The molecule has 3 N–H and O–H groups in total. The summed E-state index contributed by atoms with van der Waals surface area (Å²) in [5.41, 5.74) is 5.33. The standard InChI is InChI=1S/C19H19ClN6O2S/c1-26(8-12-5-23-24-6-12)19(27)21-7-14-2-13-3-16(20)18(4-17(13)25-14)28-9-15-10-29-11-22-15/h2-6,10-11,25H,7-9H2,1H3,(H,21,27)(H,23,24). The molecule has 0 fully saturated rings. The first kappa shape index (κ1) is 19.3. The molecule has 0 spiro atoms. The lowest BCUT2D eigenvalue weighted by Crippen LogP contribution is -2.36. The Kier molecular flexibility index (Phi) is 5.68. The fourth-order valence-electron chi connectivity index (χ4n) is 2.88. The van der Waals surface area contributed by atoms with Crippen LogP contribution in [-0.4, -0.2) is 38.1 Å². The maximum Gasteiger partial charge on any atom is 0.317 e. The number of H-pyrrole nitrogens is 2. The number of benzene rings is 1. The summed E-state index contributed by atoms with van der Waals surface area (Å²) in [6.07, 6.45) is 3.46. The Balaban J connectivity index is 1.38. The number of hydrogen-bond donors (Lipinski definition) is 3. The molecule has 0 atom stereocenters. The van der Waals surface area contributed by atoms with Crippen LogP contribution in [0.25, 0.3) is 10.9 Å². The van der Waals surface area contributed by atoms with E-state index in [1.165, 1.54) is 11.3 Å². The van der Waals surface area contributed by atoms with Crippen molar-refractivity contribution < 1.29 is 9.53 Å². The van der Waals surface area contributed by atoms with Gasteiger partial charge in [0.25, 0.3) is 0 Å². The average molecular weight is 431 g/mol. The summed E-state index contributed by atoms with van der Waals surface area (Å²) in [5.74, 6) is 0.587. The minimum Gasteiger partial charge on any atom is -0.486 e. The van der Waals surface area contributed by atoms with Gasteiger partial charge in [0.15, 0.2) is 0 Å². The van der Waals surface area contributed by atoms with Crippen LogP contribution in [0, 0.1) is 0 Å². The zero-order chi connectivity index (χ0) is 20.2. The molecule has 0 aliphatic carbocycles. The minimum absolute atomic E-state index is 0.171. The predicted octanol–water partition coefficient (Wildman–Crippen LogP) is 3.92. The Labute approximate surface area is 175 Å². The highest BCUT2D eigenvalue weighted by molar-refractivity contribution is 7.07. The van der Waals surface area contributed by atoms with Gasteiger partial charge in [-0.1, -0.05) is 11.6 Å². The number of rotatable bonds is 7. The Bertz CT molecular complexity index is 1090. The second-order valence-electron chi connectivity index (χ2n) is 6.55. The molecule has 2 amide bonds. The molecule has 0 saturated carbocycles. The molecule has 10 heteroatoms. The Hall–Kier alpha value is -3.04. The Morgan fingerprint density at radius 1 is 1.38 bits per heavy atom. The summed E-state index contributed by atoms with van der Waals surface area (Å²) < 4.78 is 5.79. The third-order valence-corrected chi connectivity index (χ3v) is 5.27. The normalized spacial score (nSPS) is 11.0. The number of aromatic amines is 2. The van der Waals surface area contributed by atoms with Gasteiger partial charge >= 0.3 is 6.03 Å². The Morgan fingerprint density at radius 2 is 2.28 bits per heavy atom. The zero-order valence-electron chi connectivity index (χ0n) is 15.6. The van der Waals surface area contributed by atoms with Gasteiger partial charge < -0.3 is 19.9 Å². The zero-order valence-corrected chi connectivity index (χ0v) is 17.2. The van der Waals surface area contributed by atoms with Gasteiger partial charge in [0.2, 0.25) is 0 Å². The SMILES string of the molecule is CN(Cc1cn[nH]c1)C(=O)NCc1cc2cc(Cl)c(OCc3cscn3)cc2[nH]1. The van der Waals surface area contributed by atoms with E-state index in [2.05, 4.69) is 25.5 Å². The van der Waals surface area contributed by atoms with Gasteiger partial charge in [-0.25, -0.2) is 9.78 Å². The average Bonchev–Trinajstić information content (AvgIpc) is 3.46. The van der Waals surface area contributed by atoms with Crippen LogP contribution >= 0.6 is 22.9 Å². The molecule has 4 rings (SSSR count). The largest absolute Gasteiger partial charge is 0.486 e. The van der Waals surface area contributed by atoms with E-state index in [-0.39, 0.29) is 6.03 Å². The summed E-state index contributed by atoms with van der Waals surface area (Å²) in [4.78, 5) is 21.4. The second kappa shape index (κ2) is 8.54. The number of ether oxygens (including phenoxy) is 1. The molecule has 4 aromatic rings. The number of aromatic nitrogens is 4. The number of nitrogens with one attached hydrogen (secondary N) is 3. The molecule has 29 heavy (non-hydrogen) atoms. The fraction of sp³-hybridized carbons (Fsp3) is 0.211. The van der Waals surface area contributed by atoms with Crippen molar-refractivity contribution in [2.45, 2.75) is 19.7 Å². The summed E-state index contributed by atoms with van der Waals surface area (Å²) in [5, 5.41) is 12.9. The van der Waals surface area contributed by atoms with Crippen LogP contribution in [0.3, 0.4) is 0 Å². The first-order valence-electron chi connectivity index (χ1n) is 8.86. The van der Waals surface area contributed by atoms with Gasteiger partial charge in [0.1, 0.15) is 12.4 Å². The van der Waals surface area contributed by atoms with Crippen molar-refractivity contribution in [3.8, 4) is 5.75 Å². The van der Waals surface area contributed by atoms with E-state index in [4.69, 9.17) is 16.3 Å². The number of hydrogen-bond acceptors (Lipinski definition) is 5. The van der Waals surface area contributed by atoms with Gasteiger partial charge in [-0.2, -0.15) is 5.10 Å². The summed E-state index contributed by atoms with van der Waals surface area (Å²) in [7, 11) is 1.74. The third kappa shape index (κ3) is 4.69. The predicted molar refractivity (Wildman–Crippen MR) is 112 cm³/mol. The lowest BCUT2D eigenvalue weighted by Gasteiger charge is -2.16. The van der Waals surface area contributed by atoms with Crippen molar-refractivity contribution in [2.24, 2.45) is 0 Å². The van der Waals surface area contributed by atoms with Gasteiger partial charge in [0, 0.05) is 46.9 Å². The molecule has 0 aliphatic rings. The number of carbonyl (C=O) groups is 1. The van der Waals surface area contributed by atoms with E-state index >= 15 is 0 Å². The number of urea groups is 1. The molecule has 0 saturated heterocycles. The van der Waals surface area contributed by atoms with Crippen molar-refractivity contribution in [2.75, 3.05) is 7.05 Å². The first-order valence-corrected chi connectivity index (χ1v) is 10.2. The van der Waals surface area contributed by atoms with E-state index in [0.29, 0.717) is 30.5 Å². The van der Waals surface area contributed by atoms with Crippen molar-refractivity contribution in [3.63, 3.8) is 0 Å². The molecule has 150 valence electrons. The van der Waals surface area contributed by atoms with Crippen LogP contribution in [0.15, 0.2) is 41.5 Å². The van der Waals surface area contributed by atoms with Gasteiger partial charge in [-0.3, -0.25) is 5.10 Å². The molecule has 8 nitrogen and oxygen atoms in total. The summed E-state index contributed by atoms with van der Waals surface area (Å²) in [6.45, 7) is 1.21. The molecule has 3 aromatic heterocycles. The van der Waals surface area contributed by atoms with Gasteiger partial charge in [-0.15, -0.1) is 11.3 Å². The summed E-state index contributed by atoms with van der Waals surface area (Å²) >= 11 is 7.87. The lowest BCUT2D eigenvalue weighted by molar-refractivity contribution is 0.206. The van der Waals surface area contributed by atoms with Crippen LogP contribution in [0.2, 0.25) is 5.02 Å². The highest BCUT2D eigenvalue weighted by Crippen LogP contribution is 2.31. The van der Waals surface area contributed by atoms with Crippen LogP contribution in [0.1, 0.15) is 17.0 Å². The molecular weight excluding hydrogens is 412 g/mol. The number of amides is 2. The number of fused-ring (bicyclic) bond motifs is 1. The highest BCUT2D eigenvalue weighted by atomic mass is 35.5.